The highest BCUT2D eigenvalue weighted by molar-refractivity contribution is 4.84. The molecule has 0 radical (unpaired) electrons. The van der Waals surface area contributed by atoms with Gasteiger partial charge in [-0.1, -0.05) is 33.1 Å². The molecule has 0 saturated heterocycles. The Hall–Kier alpha value is -0.0400. The van der Waals surface area contributed by atoms with Crippen LogP contribution in [0.15, 0.2) is 0 Å². The average Bonchev–Trinajstić information content (AvgIpc) is 2.23. The first-order chi connectivity index (χ1) is 7.66. The summed E-state index contributed by atoms with van der Waals surface area (Å²) in [6.45, 7) is 4.75. The zero-order valence-corrected chi connectivity index (χ0v) is 11.1. The first kappa shape index (κ1) is 12.4. The van der Waals surface area contributed by atoms with Crippen LogP contribution in [0.5, 0.6) is 0 Å². The molecule has 2 aliphatic carbocycles. The van der Waals surface area contributed by atoms with Crippen molar-refractivity contribution in [1.82, 2.24) is 0 Å². The predicted molar refractivity (Wildman–Crippen MR) is 70.2 cm³/mol. The van der Waals surface area contributed by atoms with E-state index in [1.165, 1.54) is 51.4 Å². The van der Waals surface area contributed by atoms with Crippen LogP contribution in [0.3, 0.4) is 0 Å². The third-order valence-corrected chi connectivity index (χ3v) is 5.20. The van der Waals surface area contributed by atoms with Crippen molar-refractivity contribution >= 4 is 0 Å². The van der Waals surface area contributed by atoms with Gasteiger partial charge in [0, 0.05) is 6.04 Å². The van der Waals surface area contributed by atoms with Gasteiger partial charge < -0.3 is 5.73 Å². The van der Waals surface area contributed by atoms with Crippen LogP contribution in [0, 0.1) is 23.7 Å². The van der Waals surface area contributed by atoms with E-state index in [0.29, 0.717) is 6.04 Å². The SMILES string of the molecule is CC(C)C1CCC(C(N)CC2CCC2)CC1. The van der Waals surface area contributed by atoms with Crippen molar-refractivity contribution in [3.05, 3.63) is 0 Å². The maximum Gasteiger partial charge on any atom is 0.00698 e. The van der Waals surface area contributed by atoms with Crippen molar-refractivity contribution < 1.29 is 0 Å². The standard InChI is InChI=1S/C15H29N/c1-11(2)13-6-8-14(9-7-13)15(16)10-12-4-3-5-12/h11-15H,3-10,16H2,1-2H3. The molecule has 2 fully saturated rings. The third-order valence-electron chi connectivity index (χ3n) is 5.20. The summed E-state index contributed by atoms with van der Waals surface area (Å²) < 4.78 is 0. The molecule has 0 aromatic heterocycles. The molecule has 16 heavy (non-hydrogen) atoms. The second-order valence-electron chi connectivity index (χ2n) is 6.62. The first-order valence-corrected chi connectivity index (χ1v) is 7.42. The summed E-state index contributed by atoms with van der Waals surface area (Å²) in [5.41, 5.74) is 6.38. The Morgan fingerprint density at radius 1 is 0.938 bits per heavy atom. The fraction of sp³-hybridized carbons (Fsp3) is 1.00. The normalized spacial score (nSPS) is 33.8. The van der Waals surface area contributed by atoms with E-state index in [9.17, 15) is 0 Å². The van der Waals surface area contributed by atoms with Gasteiger partial charge in [0.1, 0.15) is 0 Å². The lowest BCUT2D eigenvalue weighted by Gasteiger charge is -2.36. The zero-order valence-electron chi connectivity index (χ0n) is 11.1. The third kappa shape index (κ3) is 3.00. The molecular weight excluding hydrogens is 194 g/mol. The van der Waals surface area contributed by atoms with Gasteiger partial charge in [0.25, 0.3) is 0 Å². The van der Waals surface area contributed by atoms with Crippen molar-refractivity contribution in [2.45, 2.75) is 71.3 Å². The van der Waals surface area contributed by atoms with Crippen molar-refractivity contribution in [3.8, 4) is 0 Å². The van der Waals surface area contributed by atoms with E-state index in [2.05, 4.69) is 13.8 Å². The molecule has 0 spiro atoms. The predicted octanol–water partition coefficient (Wildman–Crippen LogP) is 3.97. The molecule has 0 aliphatic heterocycles. The van der Waals surface area contributed by atoms with Gasteiger partial charge in [-0.15, -0.1) is 0 Å². The minimum absolute atomic E-state index is 0.512. The highest BCUT2D eigenvalue weighted by Gasteiger charge is 2.29. The summed E-state index contributed by atoms with van der Waals surface area (Å²) >= 11 is 0. The summed E-state index contributed by atoms with van der Waals surface area (Å²) in [7, 11) is 0. The number of hydrogen-bond donors (Lipinski definition) is 1. The van der Waals surface area contributed by atoms with E-state index in [1.54, 1.807) is 0 Å². The summed E-state index contributed by atoms with van der Waals surface area (Å²) in [4.78, 5) is 0. The highest BCUT2D eigenvalue weighted by Crippen LogP contribution is 2.38. The number of rotatable bonds is 4. The van der Waals surface area contributed by atoms with E-state index in [-0.39, 0.29) is 0 Å². The molecule has 1 heteroatoms. The molecular formula is C15H29N. The van der Waals surface area contributed by atoms with Crippen LogP contribution in [0.2, 0.25) is 0 Å². The number of nitrogens with two attached hydrogens (primary N) is 1. The van der Waals surface area contributed by atoms with Gasteiger partial charge in [0.15, 0.2) is 0 Å². The van der Waals surface area contributed by atoms with Crippen LogP contribution in [0.4, 0.5) is 0 Å². The maximum absolute atomic E-state index is 6.38. The summed E-state index contributed by atoms with van der Waals surface area (Å²) in [6.07, 6.45) is 11.3. The molecule has 2 rings (SSSR count). The highest BCUT2D eigenvalue weighted by atomic mass is 14.7. The average molecular weight is 223 g/mol. The lowest BCUT2D eigenvalue weighted by Crippen LogP contribution is -2.36. The smallest absolute Gasteiger partial charge is 0.00698 e. The van der Waals surface area contributed by atoms with E-state index in [0.717, 1.165) is 23.7 Å². The Morgan fingerprint density at radius 2 is 1.50 bits per heavy atom. The van der Waals surface area contributed by atoms with E-state index >= 15 is 0 Å². The van der Waals surface area contributed by atoms with Crippen molar-refractivity contribution in [2.24, 2.45) is 29.4 Å². The molecule has 0 heterocycles. The molecule has 0 aromatic carbocycles. The minimum atomic E-state index is 0.512. The van der Waals surface area contributed by atoms with Crippen molar-refractivity contribution in [1.29, 1.82) is 0 Å². The Morgan fingerprint density at radius 3 is 1.94 bits per heavy atom. The molecule has 2 N–H and O–H groups in total. The summed E-state index contributed by atoms with van der Waals surface area (Å²) in [5.74, 6) is 3.68. The van der Waals surface area contributed by atoms with Crippen LogP contribution in [0.1, 0.15) is 65.2 Å². The van der Waals surface area contributed by atoms with Gasteiger partial charge in [-0.3, -0.25) is 0 Å². The lowest BCUT2D eigenvalue weighted by atomic mass is 9.71. The van der Waals surface area contributed by atoms with Gasteiger partial charge in [-0.2, -0.15) is 0 Å². The minimum Gasteiger partial charge on any atom is -0.327 e. The lowest BCUT2D eigenvalue weighted by molar-refractivity contribution is 0.175. The van der Waals surface area contributed by atoms with Crippen LogP contribution in [-0.2, 0) is 0 Å². The van der Waals surface area contributed by atoms with Crippen LogP contribution < -0.4 is 5.73 Å². The van der Waals surface area contributed by atoms with Crippen molar-refractivity contribution in [3.63, 3.8) is 0 Å². The van der Waals surface area contributed by atoms with Gasteiger partial charge in [-0.25, -0.2) is 0 Å². The molecule has 94 valence electrons. The van der Waals surface area contributed by atoms with Crippen LogP contribution in [-0.4, -0.2) is 6.04 Å². The monoisotopic (exact) mass is 223 g/mol. The van der Waals surface area contributed by atoms with Gasteiger partial charge in [0.2, 0.25) is 0 Å². The molecule has 0 bridgehead atoms. The van der Waals surface area contributed by atoms with Gasteiger partial charge in [-0.05, 0) is 55.8 Å². The molecule has 1 nitrogen and oxygen atoms in total. The Balaban J connectivity index is 1.70. The fourth-order valence-electron chi connectivity index (χ4n) is 3.55. The quantitative estimate of drug-likeness (QED) is 0.767. The molecule has 1 atom stereocenters. The maximum atomic E-state index is 6.38. The van der Waals surface area contributed by atoms with Crippen molar-refractivity contribution in [2.75, 3.05) is 0 Å². The molecule has 0 amide bonds. The van der Waals surface area contributed by atoms with Crippen LogP contribution in [0.25, 0.3) is 0 Å². The zero-order chi connectivity index (χ0) is 11.5. The van der Waals surface area contributed by atoms with Gasteiger partial charge >= 0.3 is 0 Å². The Kier molecular flexibility index (Phi) is 4.29. The van der Waals surface area contributed by atoms with E-state index in [1.807, 2.05) is 0 Å². The molecule has 0 aromatic rings. The topological polar surface area (TPSA) is 26.0 Å². The second kappa shape index (κ2) is 5.53. The van der Waals surface area contributed by atoms with Gasteiger partial charge in [0.05, 0.1) is 0 Å². The first-order valence-electron chi connectivity index (χ1n) is 7.42. The van der Waals surface area contributed by atoms with Crippen LogP contribution >= 0.6 is 0 Å². The summed E-state index contributed by atoms with van der Waals surface area (Å²) in [5, 5.41) is 0. The Bertz CT molecular complexity index is 199. The largest absolute Gasteiger partial charge is 0.327 e. The summed E-state index contributed by atoms with van der Waals surface area (Å²) in [6, 6.07) is 0.512. The molecule has 2 saturated carbocycles. The van der Waals surface area contributed by atoms with E-state index < -0.39 is 0 Å². The molecule has 1 unspecified atom stereocenters. The second-order valence-corrected chi connectivity index (χ2v) is 6.62. The van der Waals surface area contributed by atoms with E-state index in [4.69, 9.17) is 5.73 Å². The molecule has 2 aliphatic rings. The fourth-order valence-corrected chi connectivity index (χ4v) is 3.55. The Labute approximate surface area is 101 Å². The number of hydrogen-bond acceptors (Lipinski definition) is 1.